The molecule has 0 saturated heterocycles. The smallest absolute Gasteiger partial charge is 0.251 e. The molecule has 2 N–H and O–H groups in total. The van der Waals surface area contributed by atoms with Crippen LogP contribution in [-0.4, -0.2) is 28.3 Å². The van der Waals surface area contributed by atoms with Gasteiger partial charge in [0, 0.05) is 24.1 Å². The minimum absolute atomic E-state index is 0.0711. The summed E-state index contributed by atoms with van der Waals surface area (Å²) in [6.07, 6.45) is 9.52. The molecule has 1 aromatic rings. The molecule has 0 amide bonds. The average Bonchev–Trinajstić information content (AvgIpc) is 2.48. The number of rotatable bonds is 7. The summed E-state index contributed by atoms with van der Waals surface area (Å²) in [7, 11) is 0. The maximum Gasteiger partial charge on any atom is 0.251 e. The summed E-state index contributed by atoms with van der Waals surface area (Å²) in [5, 5.41) is 4.42. The monoisotopic (exact) mass is 295 g/mol. The first-order chi connectivity index (χ1) is 9.79. The van der Waals surface area contributed by atoms with E-state index in [4.69, 9.17) is 0 Å². The van der Waals surface area contributed by atoms with Crippen molar-refractivity contribution in [2.75, 3.05) is 12.3 Å². The van der Waals surface area contributed by atoms with Crippen LogP contribution in [0.15, 0.2) is 22.2 Å². The maximum absolute atomic E-state index is 11.3. The van der Waals surface area contributed by atoms with Crippen molar-refractivity contribution >= 4 is 11.8 Å². The van der Waals surface area contributed by atoms with Gasteiger partial charge in [0.25, 0.3) is 5.56 Å². The summed E-state index contributed by atoms with van der Waals surface area (Å²) in [5.41, 5.74) is -0.0711. The highest BCUT2D eigenvalue weighted by molar-refractivity contribution is 7.99. The summed E-state index contributed by atoms with van der Waals surface area (Å²) in [4.78, 5) is 18.3. The second-order valence-corrected chi connectivity index (χ2v) is 6.52. The molecule has 0 aliphatic heterocycles. The van der Waals surface area contributed by atoms with E-state index in [-0.39, 0.29) is 5.56 Å². The molecule has 1 aliphatic rings. The van der Waals surface area contributed by atoms with Crippen molar-refractivity contribution < 1.29 is 0 Å². The van der Waals surface area contributed by atoms with Crippen LogP contribution < -0.4 is 10.9 Å². The zero-order chi connectivity index (χ0) is 14.2. The van der Waals surface area contributed by atoms with Gasteiger partial charge < -0.3 is 10.3 Å². The van der Waals surface area contributed by atoms with Crippen molar-refractivity contribution in [2.24, 2.45) is 5.92 Å². The molecule has 112 valence electrons. The van der Waals surface area contributed by atoms with Crippen molar-refractivity contribution in [2.45, 2.75) is 56.6 Å². The molecule has 1 atom stereocenters. The number of nitrogens with zero attached hydrogens (tertiary/aromatic N) is 1. The molecule has 1 aliphatic carbocycles. The van der Waals surface area contributed by atoms with Gasteiger partial charge in [-0.1, -0.05) is 37.9 Å². The number of thioether (sulfide) groups is 1. The molecule has 20 heavy (non-hydrogen) atoms. The van der Waals surface area contributed by atoms with Crippen LogP contribution in [0.4, 0.5) is 0 Å². The van der Waals surface area contributed by atoms with E-state index in [0.717, 1.165) is 29.8 Å². The summed E-state index contributed by atoms with van der Waals surface area (Å²) in [6, 6.07) is 1.99. The Morgan fingerprint density at radius 1 is 1.45 bits per heavy atom. The summed E-state index contributed by atoms with van der Waals surface area (Å²) in [5.74, 6) is 1.76. The molecule has 2 rings (SSSR count). The molecule has 0 spiro atoms. The number of nitrogens with one attached hydrogen (secondary N) is 2. The number of aromatic amines is 1. The number of hydrogen-bond donors (Lipinski definition) is 2. The standard InChI is InChI=1S/C15H25N3OS/c1-2-9-16-13(12-6-4-3-5-7-12)11-20-15-17-10-8-14(19)18-15/h8,10,12-13,16H,2-7,9,11H2,1H3,(H,17,18,19). The van der Waals surface area contributed by atoms with Gasteiger partial charge in [0.15, 0.2) is 5.16 Å². The molecule has 1 unspecified atom stereocenters. The third-order valence-corrected chi connectivity index (χ3v) is 4.93. The van der Waals surface area contributed by atoms with Gasteiger partial charge in [-0.15, -0.1) is 0 Å². The van der Waals surface area contributed by atoms with E-state index in [1.54, 1.807) is 18.0 Å². The maximum atomic E-state index is 11.3. The Labute approximate surface area is 125 Å². The Kier molecular flexibility index (Phi) is 6.60. The average molecular weight is 295 g/mol. The first-order valence-corrected chi connectivity index (χ1v) is 8.69. The summed E-state index contributed by atoms with van der Waals surface area (Å²) < 4.78 is 0. The lowest BCUT2D eigenvalue weighted by Crippen LogP contribution is -2.39. The Morgan fingerprint density at radius 3 is 2.95 bits per heavy atom. The number of aromatic nitrogens is 2. The molecule has 1 fully saturated rings. The molecule has 1 aromatic heterocycles. The first kappa shape index (κ1) is 15.6. The minimum Gasteiger partial charge on any atom is -0.313 e. The highest BCUT2D eigenvalue weighted by Gasteiger charge is 2.23. The van der Waals surface area contributed by atoms with Crippen LogP contribution in [0.1, 0.15) is 45.4 Å². The largest absolute Gasteiger partial charge is 0.313 e. The Balaban J connectivity index is 1.90. The molecule has 5 heteroatoms. The molecule has 0 bridgehead atoms. The molecule has 0 aromatic carbocycles. The number of hydrogen-bond acceptors (Lipinski definition) is 4. The van der Waals surface area contributed by atoms with E-state index in [9.17, 15) is 4.79 Å². The molecular formula is C15H25N3OS. The van der Waals surface area contributed by atoms with E-state index >= 15 is 0 Å². The lowest BCUT2D eigenvalue weighted by Gasteiger charge is -2.30. The molecular weight excluding hydrogens is 270 g/mol. The van der Waals surface area contributed by atoms with Gasteiger partial charge in [0.05, 0.1) is 0 Å². The SMILES string of the molecule is CCCNC(CSc1nccc(=O)[nH]1)C1CCCCC1. The molecule has 4 nitrogen and oxygen atoms in total. The van der Waals surface area contributed by atoms with Gasteiger partial charge >= 0.3 is 0 Å². The third-order valence-electron chi connectivity index (χ3n) is 3.92. The van der Waals surface area contributed by atoms with Gasteiger partial charge in [0.1, 0.15) is 0 Å². The Morgan fingerprint density at radius 2 is 2.25 bits per heavy atom. The zero-order valence-electron chi connectivity index (χ0n) is 12.2. The molecule has 1 saturated carbocycles. The molecule has 0 radical (unpaired) electrons. The van der Waals surface area contributed by atoms with Crippen molar-refractivity contribution in [1.29, 1.82) is 0 Å². The van der Waals surface area contributed by atoms with E-state index in [1.165, 1.54) is 38.2 Å². The van der Waals surface area contributed by atoms with Crippen LogP contribution in [0.3, 0.4) is 0 Å². The normalized spacial score (nSPS) is 18.1. The van der Waals surface area contributed by atoms with Gasteiger partial charge in [-0.05, 0) is 31.7 Å². The highest BCUT2D eigenvalue weighted by Crippen LogP contribution is 2.28. The first-order valence-electron chi connectivity index (χ1n) is 7.71. The third kappa shape index (κ3) is 4.94. The van der Waals surface area contributed by atoms with Crippen molar-refractivity contribution in [3.8, 4) is 0 Å². The summed E-state index contributed by atoms with van der Waals surface area (Å²) in [6.45, 7) is 3.27. The fourth-order valence-corrected chi connectivity index (χ4v) is 3.86. The van der Waals surface area contributed by atoms with Gasteiger partial charge in [-0.2, -0.15) is 0 Å². The fourth-order valence-electron chi connectivity index (χ4n) is 2.82. The highest BCUT2D eigenvalue weighted by atomic mass is 32.2. The van der Waals surface area contributed by atoms with Crippen LogP contribution in [0, 0.1) is 5.92 Å². The van der Waals surface area contributed by atoms with Gasteiger partial charge in [-0.3, -0.25) is 4.79 Å². The number of H-pyrrole nitrogens is 1. The van der Waals surface area contributed by atoms with Crippen LogP contribution in [-0.2, 0) is 0 Å². The second-order valence-electron chi connectivity index (χ2n) is 5.51. The van der Waals surface area contributed by atoms with Crippen molar-refractivity contribution in [3.05, 3.63) is 22.6 Å². The van der Waals surface area contributed by atoms with E-state index in [1.807, 2.05) is 0 Å². The Hall–Kier alpha value is -0.810. The van der Waals surface area contributed by atoms with E-state index < -0.39 is 0 Å². The van der Waals surface area contributed by atoms with Crippen LogP contribution in [0.2, 0.25) is 0 Å². The van der Waals surface area contributed by atoms with E-state index in [2.05, 4.69) is 22.2 Å². The van der Waals surface area contributed by atoms with Gasteiger partial charge in [-0.25, -0.2) is 4.98 Å². The Bertz CT molecular complexity index is 443. The predicted molar refractivity (Wildman–Crippen MR) is 84.2 cm³/mol. The predicted octanol–water partition coefficient (Wildman–Crippen LogP) is 2.81. The van der Waals surface area contributed by atoms with Crippen LogP contribution >= 0.6 is 11.8 Å². The quantitative estimate of drug-likeness (QED) is 0.600. The zero-order valence-corrected chi connectivity index (χ0v) is 13.0. The van der Waals surface area contributed by atoms with Gasteiger partial charge in [0.2, 0.25) is 0 Å². The van der Waals surface area contributed by atoms with Crippen molar-refractivity contribution in [1.82, 2.24) is 15.3 Å². The fraction of sp³-hybridized carbons (Fsp3) is 0.733. The molecule has 1 heterocycles. The van der Waals surface area contributed by atoms with Crippen LogP contribution in [0.25, 0.3) is 0 Å². The minimum atomic E-state index is -0.0711. The van der Waals surface area contributed by atoms with Crippen molar-refractivity contribution in [3.63, 3.8) is 0 Å². The summed E-state index contributed by atoms with van der Waals surface area (Å²) >= 11 is 1.66. The lowest BCUT2D eigenvalue weighted by atomic mass is 9.84. The van der Waals surface area contributed by atoms with E-state index in [0.29, 0.717) is 6.04 Å². The second kappa shape index (κ2) is 8.47. The topological polar surface area (TPSA) is 57.8 Å². The van der Waals surface area contributed by atoms with Crippen LogP contribution in [0.5, 0.6) is 0 Å². The lowest BCUT2D eigenvalue weighted by molar-refractivity contribution is 0.285.